The first-order chi connectivity index (χ1) is 20.1. The maximum Gasteiger partial charge on any atom is 0.332 e. The first kappa shape index (κ1) is 29.9. The van der Waals surface area contributed by atoms with Gasteiger partial charge < -0.3 is 14.5 Å². The first-order valence-electron chi connectivity index (χ1n) is 13.8. The normalized spacial score (nSPS) is 20.6. The Balaban J connectivity index is 1.42. The number of likely N-dealkylation sites (N-methyl/N-ethyl adjacent to an activating group) is 1. The van der Waals surface area contributed by atoms with Crippen molar-refractivity contribution >= 4 is 40.8 Å². The molecule has 8 nitrogen and oxygen atoms in total. The number of benzene rings is 3. The topological polar surface area (TPSA) is 80.1 Å². The predicted octanol–water partition coefficient (Wildman–Crippen LogP) is 5.63. The Morgan fingerprint density at radius 2 is 1.69 bits per heavy atom. The number of likely N-dealkylation sites (tertiary alicyclic amines) is 1. The highest BCUT2D eigenvalue weighted by molar-refractivity contribution is 6.35. The minimum Gasteiger partial charge on any atom is -0.494 e. The Hall–Kier alpha value is -3.61. The zero-order chi connectivity index (χ0) is 30.0. The molecule has 10 heteroatoms. The highest BCUT2D eigenvalue weighted by Gasteiger charge is 2.64. The number of halogens is 2. The van der Waals surface area contributed by atoms with Crippen molar-refractivity contribution in [3.05, 3.63) is 93.5 Å². The van der Waals surface area contributed by atoms with Crippen LogP contribution in [0.4, 0.5) is 10.5 Å². The molecule has 0 bridgehead atoms. The van der Waals surface area contributed by atoms with Crippen molar-refractivity contribution in [2.75, 3.05) is 52.3 Å². The number of carbonyl (C=O) groups is 2. The van der Waals surface area contributed by atoms with Gasteiger partial charge in [-0.1, -0.05) is 47.5 Å². The Bertz CT molecular complexity index is 1490. The molecule has 3 amide bonds. The van der Waals surface area contributed by atoms with E-state index in [4.69, 9.17) is 27.9 Å². The lowest BCUT2D eigenvalue weighted by atomic mass is 9.80. The molecule has 42 heavy (non-hydrogen) atoms. The molecular formula is C32H33Cl2N5O3. The van der Waals surface area contributed by atoms with Gasteiger partial charge in [0.2, 0.25) is 0 Å². The van der Waals surface area contributed by atoms with Crippen LogP contribution < -0.4 is 9.64 Å². The van der Waals surface area contributed by atoms with Gasteiger partial charge in [0.05, 0.1) is 23.9 Å². The standard InChI is InChI=1S/C32H33Cl2N5O3/c1-36(2)13-4-14-42-28-11-7-23(8-12-28)19-38-20-29(24-9-5-22(18-35)6-10-24)32(21-38)30(40)39(31(41)37(32)3)27-16-25(33)15-26(34)17-27/h5-12,15-17,29H,4,13-14,19-21H2,1-3H3/t29-,32+/m0/s1. The molecule has 2 saturated heterocycles. The van der Waals surface area contributed by atoms with Crippen molar-refractivity contribution < 1.29 is 14.3 Å². The van der Waals surface area contributed by atoms with Crippen LogP contribution in [0.1, 0.15) is 29.0 Å². The average molecular weight is 607 g/mol. The number of hydrogen-bond acceptors (Lipinski definition) is 6. The smallest absolute Gasteiger partial charge is 0.332 e. The second kappa shape index (κ2) is 12.3. The largest absolute Gasteiger partial charge is 0.494 e. The summed E-state index contributed by atoms with van der Waals surface area (Å²) in [6.07, 6.45) is 0.944. The molecule has 2 aliphatic rings. The van der Waals surface area contributed by atoms with Gasteiger partial charge in [-0.25, -0.2) is 9.69 Å². The zero-order valence-electron chi connectivity index (χ0n) is 23.9. The van der Waals surface area contributed by atoms with Gasteiger partial charge in [0.1, 0.15) is 11.3 Å². The summed E-state index contributed by atoms with van der Waals surface area (Å²) in [7, 11) is 5.76. The molecule has 3 aromatic carbocycles. The van der Waals surface area contributed by atoms with Crippen molar-refractivity contribution in [3.63, 3.8) is 0 Å². The fourth-order valence-electron chi connectivity index (χ4n) is 5.93. The zero-order valence-corrected chi connectivity index (χ0v) is 25.4. The van der Waals surface area contributed by atoms with Gasteiger partial charge in [-0.2, -0.15) is 5.26 Å². The second-order valence-electron chi connectivity index (χ2n) is 11.1. The molecule has 0 unspecified atom stereocenters. The third kappa shape index (κ3) is 5.83. The number of anilines is 1. The molecule has 2 heterocycles. The quantitative estimate of drug-likeness (QED) is 0.232. The minimum atomic E-state index is -1.16. The molecule has 218 valence electrons. The molecule has 2 fully saturated rings. The number of nitriles is 1. The van der Waals surface area contributed by atoms with E-state index in [1.54, 1.807) is 42.3 Å². The molecule has 1 spiro atoms. The molecule has 0 N–H and O–H groups in total. The van der Waals surface area contributed by atoms with E-state index in [-0.39, 0.29) is 11.8 Å². The van der Waals surface area contributed by atoms with Gasteiger partial charge in [-0.05, 0) is 74.1 Å². The van der Waals surface area contributed by atoms with Crippen LogP contribution in [0, 0.1) is 11.3 Å². The molecule has 0 aliphatic carbocycles. The van der Waals surface area contributed by atoms with E-state index in [1.807, 2.05) is 50.5 Å². The van der Waals surface area contributed by atoms with E-state index in [0.717, 1.165) is 29.8 Å². The summed E-state index contributed by atoms with van der Waals surface area (Å²) in [5.41, 5.74) is 1.67. The van der Waals surface area contributed by atoms with Gasteiger partial charge in [0.25, 0.3) is 5.91 Å². The predicted molar refractivity (Wildman–Crippen MR) is 164 cm³/mol. The van der Waals surface area contributed by atoms with E-state index in [0.29, 0.717) is 47.5 Å². The summed E-state index contributed by atoms with van der Waals surface area (Å²) in [5, 5.41) is 10.0. The van der Waals surface area contributed by atoms with Crippen molar-refractivity contribution in [3.8, 4) is 11.8 Å². The van der Waals surface area contributed by atoms with E-state index < -0.39 is 11.6 Å². The summed E-state index contributed by atoms with van der Waals surface area (Å²) >= 11 is 12.5. The Morgan fingerprint density at radius 3 is 2.31 bits per heavy atom. The fourth-order valence-corrected chi connectivity index (χ4v) is 6.45. The lowest BCUT2D eigenvalue weighted by Gasteiger charge is -2.34. The van der Waals surface area contributed by atoms with Gasteiger partial charge >= 0.3 is 6.03 Å². The summed E-state index contributed by atoms with van der Waals surface area (Å²) in [6.45, 7) is 3.09. The number of imide groups is 1. The Labute approximate surface area is 256 Å². The van der Waals surface area contributed by atoms with E-state index in [9.17, 15) is 14.9 Å². The number of rotatable bonds is 9. The van der Waals surface area contributed by atoms with Gasteiger partial charge in [-0.3, -0.25) is 9.69 Å². The van der Waals surface area contributed by atoms with E-state index in [2.05, 4.69) is 15.9 Å². The van der Waals surface area contributed by atoms with Crippen LogP contribution in [0.5, 0.6) is 5.75 Å². The third-order valence-corrected chi connectivity index (χ3v) is 8.46. The van der Waals surface area contributed by atoms with Crippen LogP contribution in [0.2, 0.25) is 10.0 Å². The Morgan fingerprint density at radius 1 is 1.02 bits per heavy atom. The molecule has 2 aliphatic heterocycles. The number of ether oxygens (including phenoxy) is 1. The SMILES string of the molecule is CN(C)CCCOc1ccc(CN2C[C@@H](c3ccc(C#N)cc3)[C@]3(C2)C(=O)N(c2cc(Cl)cc(Cl)c2)C(=O)N3C)cc1. The minimum absolute atomic E-state index is 0.327. The van der Waals surface area contributed by atoms with Crippen LogP contribution >= 0.6 is 23.2 Å². The van der Waals surface area contributed by atoms with E-state index >= 15 is 0 Å². The molecule has 0 aromatic heterocycles. The third-order valence-electron chi connectivity index (χ3n) is 8.03. The van der Waals surface area contributed by atoms with Crippen LogP contribution in [0.3, 0.4) is 0 Å². The fraction of sp³-hybridized carbons (Fsp3) is 0.344. The van der Waals surface area contributed by atoms with Crippen LogP contribution in [-0.2, 0) is 11.3 Å². The molecule has 0 saturated carbocycles. The summed E-state index contributed by atoms with van der Waals surface area (Å²) in [5.74, 6) is 0.162. The summed E-state index contributed by atoms with van der Waals surface area (Å²) in [6, 6.07) is 21.7. The van der Waals surface area contributed by atoms with Gasteiger partial charge in [-0.15, -0.1) is 0 Å². The van der Waals surface area contributed by atoms with Crippen molar-refractivity contribution in [2.24, 2.45) is 0 Å². The average Bonchev–Trinajstić information content (AvgIpc) is 3.43. The number of hydrogen-bond donors (Lipinski definition) is 0. The molecule has 3 aromatic rings. The highest BCUT2D eigenvalue weighted by Crippen LogP contribution is 2.47. The molecule has 2 atom stereocenters. The number of urea groups is 1. The number of carbonyl (C=O) groups excluding carboxylic acids is 2. The molecule has 0 radical (unpaired) electrons. The lowest BCUT2D eigenvalue weighted by Crippen LogP contribution is -2.53. The highest BCUT2D eigenvalue weighted by atomic mass is 35.5. The molecule has 5 rings (SSSR count). The second-order valence-corrected chi connectivity index (χ2v) is 12.0. The summed E-state index contributed by atoms with van der Waals surface area (Å²) in [4.78, 5) is 35.1. The van der Waals surface area contributed by atoms with Crippen molar-refractivity contribution in [1.29, 1.82) is 5.26 Å². The number of nitrogens with zero attached hydrogens (tertiary/aromatic N) is 5. The van der Waals surface area contributed by atoms with Crippen LogP contribution in [0.25, 0.3) is 0 Å². The summed E-state index contributed by atoms with van der Waals surface area (Å²) < 4.78 is 5.89. The van der Waals surface area contributed by atoms with E-state index in [1.165, 1.54) is 4.90 Å². The van der Waals surface area contributed by atoms with Gasteiger partial charge in [0, 0.05) is 49.2 Å². The lowest BCUT2D eigenvalue weighted by molar-refractivity contribution is -0.124. The van der Waals surface area contributed by atoms with Crippen molar-refractivity contribution in [1.82, 2.24) is 14.7 Å². The van der Waals surface area contributed by atoms with Gasteiger partial charge in [0.15, 0.2) is 0 Å². The van der Waals surface area contributed by atoms with Crippen LogP contribution in [0.15, 0.2) is 66.7 Å². The maximum absolute atomic E-state index is 14.4. The first-order valence-corrected chi connectivity index (χ1v) is 14.6. The van der Waals surface area contributed by atoms with Crippen LogP contribution in [-0.4, -0.2) is 79.6 Å². The maximum atomic E-state index is 14.4. The Kier molecular flexibility index (Phi) is 8.76. The molecular weight excluding hydrogens is 573 g/mol. The monoisotopic (exact) mass is 605 g/mol. The number of amides is 3. The van der Waals surface area contributed by atoms with Crippen molar-refractivity contribution in [2.45, 2.75) is 24.4 Å².